The number of benzene rings is 1. The molecule has 2 atom stereocenters. The van der Waals surface area contributed by atoms with Crippen molar-refractivity contribution in [2.45, 2.75) is 25.5 Å². The molecule has 0 amide bonds. The highest BCUT2D eigenvalue weighted by Gasteiger charge is 2.11. The molecule has 2 unspecified atom stereocenters. The molecule has 0 fully saturated rings. The predicted octanol–water partition coefficient (Wildman–Crippen LogP) is 1.59. The van der Waals surface area contributed by atoms with Crippen LogP contribution in [0, 0.1) is 0 Å². The van der Waals surface area contributed by atoms with E-state index in [-0.39, 0.29) is 6.04 Å². The maximum atomic E-state index is 9.21. The first kappa shape index (κ1) is 10.5. The zero-order chi connectivity index (χ0) is 9.84. The molecule has 0 aliphatic rings. The number of hydrogen-bond acceptors (Lipinski definition) is 2. The van der Waals surface area contributed by atoms with Gasteiger partial charge in [-0.2, -0.15) is 0 Å². The summed E-state index contributed by atoms with van der Waals surface area (Å²) in [6.07, 6.45) is 0.105. The maximum absolute atomic E-state index is 9.21. The van der Waals surface area contributed by atoms with Crippen LogP contribution in [0.1, 0.15) is 12.5 Å². The average molecular weight is 200 g/mol. The molecule has 0 heterocycles. The van der Waals surface area contributed by atoms with Crippen molar-refractivity contribution >= 4 is 11.6 Å². The third kappa shape index (κ3) is 2.99. The molecule has 3 N–H and O–H groups in total. The standard InChI is InChI=1S/C10H14ClNO/c1-7(13)10(12)6-8-4-2-3-5-9(8)11/h2-5,7,10,13H,6,12H2,1H3. The summed E-state index contributed by atoms with van der Waals surface area (Å²) < 4.78 is 0. The lowest BCUT2D eigenvalue weighted by Gasteiger charge is -2.15. The van der Waals surface area contributed by atoms with Crippen LogP contribution in [0.2, 0.25) is 5.02 Å². The van der Waals surface area contributed by atoms with E-state index in [0.717, 1.165) is 5.56 Å². The van der Waals surface area contributed by atoms with Crippen LogP contribution < -0.4 is 5.73 Å². The highest BCUT2D eigenvalue weighted by Crippen LogP contribution is 2.16. The number of nitrogens with two attached hydrogens (primary N) is 1. The fourth-order valence-electron chi connectivity index (χ4n) is 1.09. The minimum absolute atomic E-state index is 0.250. The zero-order valence-corrected chi connectivity index (χ0v) is 8.33. The van der Waals surface area contributed by atoms with Crippen molar-refractivity contribution in [1.29, 1.82) is 0 Å². The van der Waals surface area contributed by atoms with Crippen molar-refractivity contribution in [3.05, 3.63) is 34.9 Å². The molecular formula is C10H14ClNO. The largest absolute Gasteiger partial charge is 0.392 e. The monoisotopic (exact) mass is 199 g/mol. The topological polar surface area (TPSA) is 46.2 Å². The van der Waals surface area contributed by atoms with E-state index in [1.165, 1.54) is 0 Å². The summed E-state index contributed by atoms with van der Waals surface area (Å²) in [6, 6.07) is 7.28. The molecule has 0 bridgehead atoms. The first-order chi connectivity index (χ1) is 6.11. The number of rotatable bonds is 3. The van der Waals surface area contributed by atoms with Crippen molar-refractivity contribution in [2.24, 2.45) is 5.73 Å². The van der Waals surface area contributed by atoms with Crippen molar-refractivity contribution in [3.8, 4) is 0 Å². The summed E-state index contributed by atoms with van der Waals surface area (Å²) in [5, 5.41) is 9.91. The summed E-state index contributed by atoms with van der Waals surface area (Å²) in [7, 11) is 0. The molecule has 1 aromatic rings. The van der Waals surface area contributed by atoms with Crippen LogP contribution in [0.3, 0.4) is 0 Å². The van der Waals surface area contributed by atoms with E-state index in [1.54, 1.807) is 6.92 Å². The molecular weight excluding hydrogens is 186 g/mol. The second kappa shape index (κ2) is 4.61. The van der Waals surface area contributed by atoms with Gasteiger partial charge in [0.15, 0.2) is 0 Å². The third-order valence-corrected chi connectivity index (χ3v) is 2.40. The summed E-state index contributed by atoms with van der Waals surface area (Å²) in [5.41, 5.74) is 6.69. The molecule has 0 saturated heterocycles. The van der Waals surface area contributed by atoms with E-state index in [1.807, 2.05) is 24.3 Å². The van der Waals surface area contributed by atoms with Gasteiger partial charge in [-0.15, -0.1) is 0 Å². The Hall–Kier alpha value is -0.570. The molecule has 1 rings (SSSR count). The normalized spacial score (nSPS) is 15.4. The van der Waals surface area contributed by atoms with Crippen LogP contribution in [0.25, 0.3) is 0 Å². The molecule has 0 spiro atoms. The van der Waals surface area contributed by atoms with Crippen LogP contribution in [0.5, 0.6) is 0 Å². The van der Waals surface area contributed by atoms with Crippen LogP contribution in [0.4, 0.5) is 0 Å². The molecule has 0 aromatic heterocycles. The smallest absolute Gasteiger partial charge is 0.0666 e. The number of aliphatic hydroxyl groups excluding tert-OH is 1. The van der Waals surface area contributed by atoms with Gasteiger partial charge in [0, 0.05) is 11.1 Å². The number of aliphatic hydroxyl groups is 1. The van der Waals surface area contributed by atoms with Gasteiger partial charge < -0.3 is 10.8 Å². The van der Waals surface area contributed by atoms with E-state index < -0.39 is 6.10 Å². The van der Waals surface area contributed by atoms with E-state index in [9.17, 15) is 5.11 Å². The van der Waals surface area contributed by atoms with E-state index in [4.69, 9.17) is 17.3 Å². The molecule has 72 valence electrons. The van der Waals surface area contributed by atoms with Gasteiger partial charge in [-0.3, -0.25) is 0 Å². The van der Waals surface area contributed by atoms with E-state index in [2.05, 4.69) is 0 Å². The van der Waals surface area contributed by atoms with Gasteiger partial charge in [-0.1, -0.05) is 29.8 Å². The minimum Gasteiger partial charge on any atom is -0.392 e. The van der Waals surface area contributed by atoms with Gasteiger partial charge in [0.25, 0.3) is 0 Å². The third-order valence-electron chi connectivity index (χ3n) is 2.03. The highest BCUT2D eigenvalue weighted by atomic mass is 35.5. The zero-order valence-electron chi connectivity index (χ0n) is 7.57. The Morgan fingerprint density at radius 2 is 2.08 bits per heavy atom. The van der Waals surface area contributed by atoms with E-state index >= 15 is 0 Å². The van der Waals surface area contributed by atoms with Gasteiger partial charge >= 0.3 is 0 Å². The Labute approximate surface area is 83.3 Å². The molecule has 13 heavy (non-hydrogen) atoms. The van der Waals surface area contributed by atoms with Gasteiger partial charge in [-0.25, -0.2) is 0 Å². The van der Waals surface area contributed by atoms with Crippen LogP contribution in [-0.4, -0.2) is 17.3 Å². The Kier molecular flexibility index (Phi) is 3.72. The minimum atomic E-state index is -0.503. The molecule has 0 saturated carbocycles. The Morgan fingerprint density at radius 3 is 2.62 bits per heavy atom. The molecule has 3 heteroatoms. The second-order valence-corrected chi connectivity index (χ2v) is 3.61. The van der Waals surface area contributed by atoms with Gasteiger partial charge in [0.2, 0.25) is 0 Å². The van der Waals surface area contributed by atoms with Crippen LogP contribution in [-0.2, 0) is 6.42 Å². The van der Waals surface area contributed by atoms with Crippen LogP contribution in [0.15, 0.2) is 24.3 Å². The Bertz CT molecular complexity index is 275. The fourth-order valence-corrected chi connectivity index (χ4v) is 1.30. The van der Waals surface area contributed by atoms with Gasteiger partial charge in [0.05, 0.1) is 6.10 Å². The van der Waals surface area contributed by atoms with Crippen molar-refractivity contribution in [2.75, 3.05) is 0 Å². The number of hydrogen-bond donors (Lipinski definition) is 2. The molecule has 1 aromatic carbocycles. The highest BCUT2D eigenvalue weighted by molar-refractivity contribution is 6.31. The Morgan fingerprint density at radius 1 is 1.46 bits per heavy atom. The quantitative estimate of drug-likeness (QED) is 0.777. The lowest BCUT2D eigenvalue weighted by Crippen LogP contribution is -2.34. The molecule has 0 aliphatic heterocycles. The number of halogens is 1. The fraction of sp³-hybridized carbons (Fsp3) is 0.400. The summed E-state index contributed by atoms with van der Waals surface area (Å²) in [5.74, 6) is 0. The lowest BCUT2D eigenvalue weighted by atomic mass is 10.0. The van der Waals surface area contributed by atoms with Crippen molar-refractivity contribution < 1.29 is 5.11 Å². The summed E-state index contributed by atoms with van der Waals surface area (Å²) in [6.45, 7) is 1.68. The second-order valence-electron chi connectivity index (χ2n) is 3.20. The summed E-state index contributed by atoms with van der Waals surface area (Å²) in [4.78, 5) is 0. The lowest BCUT2D eigenvalue weighted by molar-refractivity contribution is 0.163. The average Bonchev–Trinajstić information content (AvgIpc) is 2.08. The summed E-state index contributed by atoms with van der Waals surface area (Å²) >= 11 is 5.94. The van der Waals surface area contributed by atoms with E-state index in [0.29, 0.717) is 11.4 Å². The predicted molar refractivity (Wildman–Crippen MR) is 54.8 cm³/mol. The van der Waals surface area contributed by atoms with Crippen molar-refractivity contribution in [3.63, 3.8) is 0 Å². The Balaban J connectivity index is 2.69. The van der Waals surface area contributed by atoms with Gasteiger partial charge in [-0.05, 0) is 25.0 Å². The SMILES string of the molecule is CC(O)C(N)Cc1ccccc1Cl. The maximum Gasteiger partial charge on any atom is 0.0666 e. The molecule has 0 radical (unpaired) electrons. The van der Waals surface area contributed by atoms with Crippen LogP contribution >= 0.6 is 11.6 Å². The molecule has 2 nitrogen and oxygen atoms in total. The van der Waals surface area contributed by atoms with Crippen molar-refractivity contribution in [1.82, 2.24) is 0 Å². The first-order valence-electron chi connectivity index (χ1n) is 4.28. The van der Waals surface area contributed by atoms with Gasteiger partial charge in [0.1, 0.15) is 0 Å². The first-order valence-corrected chi connectivity index (χ1v) is 4.66. The molecule has 0 aliphatic carbocycles.